The van der Waals surface area contributed by atoms with E-state index in [1.807, 2.05) is 6.92 Å². The number of hydrogen-bond donors (Lipinski definition) is 4. The number of aliphatic hydroxyl groups is 3. The van der Waals surface area contributed by atoms with Crippen molar-refractivity contribution < 1.29 is 30.0 Å². The van der Waals surface area contributed by atoms with Gasteiger partial charge in [-0.3, -0.25) is 9.59 Å². The number of carbonyl (C=O) groups excluding carboxylic acids is 1. The highest BCUT2D eigenvalue weighted by atomic mass is 16.4. The normalized spacial score (nSPS) is 56.0. The number of ketones is 1. The van der Waals surface area contributed by atoms with Crippen LogP contribution in [0.2, 0.25) is 0 Å². The highest BCUT2D eigenvalue weighted by molar-refractivity contribution is 5.96. The maximum Gasteiger partial charge on any atom is 0.309 e. The van der Waals surface area contributed by atoms with Gasteiger partial charge in [0, 0.05) is 17.3 Å². The quantitative estimate of drug-likeness (QED) is 0.587. The van der Waals surface area contributed by atoms with E-state index in [1.54, 1.807) is 0 Å². The Hall–Kier alpha value is -0.980. The first kappa shape index (κ1) is 18.4. The van der Waals surface area contributed by atoms with E-state index in [9.17, 15) is 30.0 Å². The lowest BCUT2D eigenvalue weighted by atomic mass is 9.40. The lowest BCUT2D eigenvalue weighted by Gasteiger charge is -2.63. The third-order valence-corrected chi connectivity index (χ3v) is 8.93. The van der Waals surface area contributed by atoms with Crippen LogP contribution in [0.15, 0.2) is 0 Å². The summed E-state index contributed by atoms with van der Waals surface area (Å²) in [5.41, 5.74) is -3.89. The molecule has 4 N–H and O–H groups in total. The van der Waals surface area contributed by atoms with E-state index < -0.39 is 46.4 Å². The third-order valence-electron chi connectivity index (χ3n) is 8.93. The molecular weight excluding hydrogens is 336 g/mol. The number of carbonyl (C=O) groups is 2. The molecule has 0 heterocycles. The monoisotopic (exact) mass is 366 g/mol. The third kappa shape index (κ3) is 1.88. The lowest BCUT2D eigenvalue weighted by Crippen LogP contribution is -2.63. The SMILES string of the molecule is C[C@@]12CCC[C@@](C)(C(=O)O)[C@H]1CC[C@@]13C[C@@H](C[C@H](O)[C@H]12)[C@@](O)(CO)C3=O. The van der Waals surface area contributed by atoms with Crippen LogP contribution in [0.3, 0.4) is 0 Å². The summed E-state index contributed by atoms with van der Waals surface area (Å²) in [6.45, 7) is 3.26. The van der Waals surface area contributed by atoms with Crippen molar-refractivity contribution in [2.45, 2.75) is 70.5 Å². The molecular formula is C20H30O6. The van der Waals surface area contributed by atoms with E-state index in [1.165, 1.54) is 0 Å². The van der Waals surface area contributed by atoms with Gasteiger partial charge in [-0.15, -0.1) is 0 Å². The largest absolute Gasteiger partial charge is 0.481 e. The molecule has 6 nitrogen and oxygen atoms in total. The summed E-state index contributed by atoms with van der Waals surface area (Å²) in [6, 6.07) is 0. The van der Waals surface area contributed by atoms with Crippen LogP contribution in [0.1, 0.15) is 58.8 Å². The molecule has 0 aromatic rings. The number of Topliss-reactive ketones (excluding diaryl/α,β-unsaturated/α-hetero) is 1. The molecule has 0 amide bonds. The van der Waals surface area contributed by atoms with Gasteiger partial charge in [0.05, 0.1) is 18.1 Å². The average Bonchev–Trinajstić information content (AvgIpc) is 2.73. The molecule has 0 aliphatic heterocycles. The van der Waals surface area contributed by atoms with E-state index in [0.29, 0.717) is 32.1 Å². The first-order valence-corrected chi connectivity index (χ1v) is 9.86. The van der Waals surface area contributed by atoms with E-state index in [4.69, 9.17) is 0 Å². The van der Waals surface area contributed by atoms with E-state index in [0.717, 1.165) is 12.8 Å². The van der Waals surface area contributed by atoms with Gasteiger partial charge in [0.15, 0.2) is 5.78 Å². The fourth-order valence-electron chi connectivity index (χ4n) is 7.89. The van der Waals surface area contributed by atoms with Crippen LogP contribution in [-0.2, 0) is 9.59 Å². The van der Waals surface area contributed by atoms with Gasteiger partial charge in [-0.25, -0.2) is 0 Å². The standard InChI is InChI=1S/C20H30O6/c1-17-5-3-6-18(2,16(24)25)13(17)4-7-19-9-11(8-12(22)14(17)19)20(26,10-21)15(19)23/h11-14,21-22,26H,3-10H2,1-2H3,(H,24,25)/t11-,12+,13+,14+,17-,18-,19-,20+/m1/s1. The van der Waals surface area contributed by atoms with Gasteiger partial charge in [-0.1, -0.05) is 13.3 Å². The van der Waals surface area contributed by atoms with Crippen molar-refractivity contribution >= 4 is 11.8 Å². The van der Waals surface area contributed by atoms with Gasteiger partial charge in [-0.05, 0) is 56.8 Å². The van der Waals surface area contributed by atoms with Crippen molar-refractivity contribution in [3.05, 3.63) is 0 Å². The van der Waals surface area contributed by atoms with Crippen molar-refractivity contribution in [3.63, 3.8) is 0 Å². The first-order valence-electron chi connectivity index (χ1n) is 9.86. The second kappa shape index (κ2) is 5.30. The van der Waals surface area contributed by atoms with Gasteiger partial charge in [-0.2, -0.15) is 0 Å². The minimum Gasteiger partial charge on any atom is -0.481 e. The molecule has 146 valence electrons. The van der Waals surface area contributed by atoms with E-state index in [2.05, 4.69) is 6.92 Å². The summed E-state index contributed by atoms with van der Waals surface area (Å²) in [5.74, 6) is -1.98. The Labute approximate surface area is 153 Å². The molecule has 0 aromatic carbocycles. The Bertz CT molecular complexity index is 663. The Kier molecular flexibility index (Phi) is 3.75. The number of carboxylic acid groups (broad SMARTS) is 1. The number of aliphatic hydroxyl groups excluding tert-OH is 2. The van der Waals surface area contributed by atoms with Crippen LogP contribution in [0.25, 0.3) is 0 Å². The molecule has 0 radical (unpaired) electrons. The zero-order chi connectivity index (χ0) is 19.1. The van der Waals surface area contributed by atoms with Crippen LogP contribution in [0, 0.1) is 34.0 Å². The van der Waals surface area contributed by atoms with Crippen LogP contribution in [0.5, 0.6) is 0 Å². The second-order valence-electron chi connectivity index (χ2n) is 9.92. The van der Waals surface area contributed by atoms with E-state index >= 15 is 0 Å². The van der Waals surface area contributed by atoms with Crippen LogP contribution < -0.4 is 0 Å². The highest BCUT2D eigenvalue weighted by Gasteiger charge is 2.74. The average molecular weight is 366 g/mol. The summed E-state index contributed by atoms with van der Waals surface area (Å²) in [7, 11) is 0. The molecule has 2 bridgehead atoms. The summed E-state index contributed by atoms with van der Waals surface area (Å²) >= 11 is 0. The van der Waals surface area contributed by atoms with Crippen molar-refractivity contribution in [2.24, 2.45) is 34.0 Å². The molecule has 8 atom stereocenters. The number of rotatable bonds is 2. The Morgan fingerprint density at radius 1 is 1.23 bits per heavy atom. The Balaban J connectivity index is 1.83. The summed E-state index contributed by atoms with van der Waals surface area (Å²) in [6.07, 6.45) is 3.32. The summed E-state index contributed by atoms with van der Waals surface area (Å²) in [4.78, 5) is 25.4. The van der Waals surface area contributed by atoms with Gasteiger partial charge < -0.3 is 20.4 Å². The molecule has 0 unspecified atom stereocenters. The molecule has 4 fully saturated rings. The summed E-state index contributed by atoms with van der Waals surface area (Å²) in [5, 5.41) is 41.6. The van der Waals surface area contributed by atoms with Crippen LogP contribution in [-0.4, -0.2) is 50.5 Å². The maximum absolute atomic E-state index is 13.3. The minimum absolute atomic E-state index is 0.0984. The fraction of sp³-hybridized carbons (Fsp3) is 0.900. The van der Waals surface area contributed by atoms with Gasteiger partial charge in [0.25, 0.3) is 0 Å². The van der Waals surface area contributed by atoms with Crippen molar-refractivity contribution in [1.82, 2.24) is 0 Å². The van der Waals surface area contributed by atoms with Crippen molar-refractivity contribution in [1.29, 1.82) is 0 Å². The molecule has 0 saturated heterocycles. The fourth-order valence-corrected chi connectivity index (χ4v) is 7.89. The Morgan fingerprint density at radius 2 is 1.92 bits per heavy atom. The zero-order valence-electron chi connectivity index (χ0n) is 15.6. The van der Waals surface area contributed by atoms with Crippen molar-refractivity contribution in [2.75, 3.05) is 6.61 Å². The van der Waals surface area contributed by atoms with E-state index in [-0.39, 0.29) is 17.6 Å². The molecule has 4 aliphatic rings. The number of fused-ring (bicyclic) bond motifs is 3. The van der Waals surface area contributed by atoms with Crippen molar-refractivity contribution in [3.8, 4) is 0 Å². The van der Waals surface area contributed by atoms with Crippen LogP contribution >= 0.6 is 0 Å². The molecule has 4 rings (SSSR count). The lowest BCUT2D eigenvalue weighted by molar-refractivity contribution is -0.199. The van der Waals surface area contributed by atoms with Gasteiger partial charge >= 0.3 is 5.97 Å². The molecule has 26 heavy (non-hydrogen) atoms. The topological polar surface area (TPSA) is 115 Å². The minimum atomic E-state index is -1.76. The molecule has 6 heteroatoms. The first-order chi connectivity index (χ1) is 12.1. The van der Waals surface area contributed by atoms with Gasteiger partial charge in [0.2, 0.25) is 0 Å². The Morgan fingerprint density at radius 3 is 2.54 bits per heavy atom. The maximum atomic E-state index is 13.3. The zero-order valence-corrected chi connectivity index (χ0v) is 15.6. The highest BCUT2D eigenvalue weighted by Crippen LogP contribution is 2.71. The molecule has 1 spiro atoms. The predicted molar refractivity (Wildman–Crippen MR) is 92.1 cm³/mol. The van der Waals surface area contributed by atoms with Gasteiger partial charge in [0.1, 0.15) is 5.60 Å². The van der Waals surface area contributed by atoms with Crippen LogP contribution in [0.4, 0.5) is 0 Å². The molecule has 0 aromatic heterocycles. The smallest absolute Gasteiger partial charge is 0.309 e. The number of hydrogen-bond acceptors (Lipinski definition) is 5. The second-order valence-corrected chi connectivity index (χ2v) is 9.92. The molecule has 4 aliphatic carbocycles. The number of aliphatic carboxylic acids is 1. The predicted octanol–water partition coefficient (Wildman–Crippen LogP) is 1.36. The summed E-state index contributed by atoms with van der Waals surface area (Å²) < 4.78 is 0. The number of carboxylic acids is 1. The molecule has 4 saturated carbocycles.